The maximum absolute atomic E-state index is 13.7. The van der Waals surface area contributed by atoms with E-state index in [0.29, 0.717) is 38.3 Å². The van der Waals surface area contributed by atoms with Crippen LogP contribution < -0.4 is 0 Å². The highest BCUT2D eigenvalue weighted by atomic mass is 32.1. The molecule has 2 heterocycles. The molecule has 1 aliphatic heterocycles. The molecule has 1 N–H and O–H groups in total. The molecule has 1 aromatic carbocycles. The number of amides is 1. The Morgan fingerprint density at radius 3 is 2.57 bits per heavy atom. The summed E-state index contributed by atoms with van der Waals surface area (Å²) in [5.41, 5.74) is 0.324. The summed E-state index contributed by atoms with van der Waals surface area (Å²) in [6.45, 7) is 2.99. The molecule has 2 aromatic rings. The summed E-state index contributed by atoms with van der Waals surface area (Å²) >= 11 is 1.45. The van der Waals surface area contributed by atoms with Gasteiger partial charge in [0.25, 0.3) is 5.91 Å². The number of halogens is 1. The second kappa shape index (κ2) is 7.21. The van der Waals surface area contributed by atoms with Gasteiger partial charge in [0.05, 0.1) is 11.0 Å². The molecule has 0 aliphatic carbocycles. The zero-order valence-electron chi connectivity index (χ0n) is 12.7. The molecule has 1 atom stereocenters. The second-order valence-electron chi connectivity index (χ2n) is 5.61. The lowest BCUT2D eigenvalue weighted by Crippen LogP contribution is -2.49. The molecule has 3 rings (SSSR count). The van der Waals surface area contributed by atoms with Gasteiger partial charge in [-0.15, -0.1) is 11.3 Å². The minimum Gasteiger partial charge on any atom is -0.387 e. The van der Waals surface area contributed by atoms with Gasteiger partial charge >= 0.3 is 0 Å². The van der Waals surface area contributed by atoms with Crippen molar-refractivity contribution in [1.29, 1.82) is 0 Å². The van der Waals surface area contributed by atoms with Crippen LogP contribution >= 0.6 is 11.3 Å². The van der Waals surface area contributed by atoms with Gasteiger partial charge in [-0.2, -0.15) is 0 Å². The van der Waals surface area contributed by atoms with Crippen LogP contribution in [0.3, 0.4) is 0 Å². The summed E-state index contributed by atoms with van der Waals surface area (Å²) in [5, 5.41) is 12.1. The molecule has 1 fully saturated rings. The van der Waals surface area contributed by atoms with Crippen molar-refractivity contribution in [3.05, 3.63) is 58.0 Å². The molecule has 1 amide bonds. The summed E-state index contributed by atoms with van der Waals surface area (Å²) in [6, 6.07) is 10.0. The summed E-state index contributed by atoms with van der Waals surface area (Å²) in [5.74, 6) is -0.319. The Kier molecular flexibility index (Phi) is 5.05. The fourth-order valence-corrected chi connectivity index (χ4v) is 3.47. The summed E-state index contributed by atoms with van der Waals surface area (Å²) < 4.78 is 13.7. The monoisotopic (exact) mass is 334 g/mol. The van der Waals surface area contributed by atoms with Crippen LogP contribution in [0.5, 0.6) is 0 Å². The Balaban J connectivity index is 1.53. The number of benzene rings is 1. The number of nitrogens with zero attached hydrogens (tertiary/aromatic N) is 2. The number of thiophene rings is 1. The third-order valence-corrected chi connectivity index (χ3v) is 4.94. The van der Waals surface area contributed by atoms with Crippen molar-refractivity contribution in [2.75, 3.05) is 32.7 Å². The van der Waals surface area contributed by atoms with Crippen LogP contribution in [0.15, 0.2) is 41.8 Å². The first-order chi connectivity index (χ1) is 11.1. The number of carbonyl (C=O) groups is 1. The van der Waals surface area contributed by atoms with Crippen molar-refractivity contribution in [2.45, 2.75) is 6.10 Å². The van der Waals surface area contributed by atoms with Crippen LogP contribution in [0.2, 0.25) is 0 Å². The fourth-order valence-electron chi connectivity index (χ4n) is 2.78. The predicted octanol–water partition coefficient (Wildman–Crippen LogP) is 2.38. The van der Waals surface area contributed by atoms with Gasteiger partial charge in [0.1, 0.15) is 5.82 Å². The molecular weight excluding hydrogens is 315 g/mol. The SMILES string of the molecule is O=C(c1cccs1)N1CCN(C[C@@H](O)c2ccccc2F)CC1. The average molecular weight is 334 g/mol. The van der Waals surface area contributed by atoms with Gasteiger partial charge in [0, 0.05) is 38.3 Å². The lowest BCUT2D eigenvalue weighted by Gasteiger charge is -2.35. The first-order valence-corrected chi connectivity index (χ1v) is 8.51. The Hall–Kier alpha value is -1.76. The van der Waals surface area contributed by atoms with Crippen LogP contribution in [0.4, 0.5) is 4.39 Å². The van der Waals surface area contributed by atoms with Gasteiger partial charge in [0.15, 0.2) is 0 Å². The molecule has 0 unspecified atom stereocenters. The number of aliphatic hydroxyl groups excluding tert-OH is 1. The van der Waals surface area contributed by atoms with Crippen molar-refractivity contribution in [1.82, 2.24) is 9.80 Å². The molecule has 122 valence electrons. The smallest absolute Gasteiger partial charge is 0.264 e. The molecule has 23 heavy (non-hydrogen) atoms. The Morgan fingerprint density at radius 1 is 1.17 bits per heavy atom. The minimum absolute atomic E-state index is 0.0642. The highest BCUT2D eigenvalue weighted by molar-refractivity contribution is 7.12. The number of rotatable bonds is 4. The van der Waals surface area contributed by atoms with E-state index in [1.54, 1.807) is 18.2 Å². The maximum atomic E-state index is 13.7. The molecule has 1 saturated heterocycles. The van der Waals surface area contributed by atoms with E-state index in [1.165, 1.54) is 17.4 Å². The van der Waals surface area contributed by atoms with Crippen molar-refractivity contribution in [3.8, 4) is 0 Å². The van der Waals surface area contributed by atoms with E-state index >= 15 is 0 Å². The van der Waals surface area contributed by atoms with E-state index in [0.717, 1.165) is 4.88 Å². The molecule has 1 aliphatic rings. The van der Waals surface area contributed by atoms with Crippen molar-refractivity contribution in [3.63, 3.8) is 0 Å². The molecule has 1 aromatic heterocycles. The van der Waals surface area contributed by atoms with Crippen LogP contribution in [0, 0.1) is 5.82 Å². The highest BCUT2D eigenvalue weighted by Crippen LogP contribution is 2.19. The van der Waals surface area contributed by atoms with E-state index in [1.807, 2.05) is 22.4 Å². The molecular formula is C17H19FN2O2S. The van der Waals surface area contributed by atoms with E-state index in [4.69, 9.17) is 0 Å². The topological polar surface area (TPSA) is 43.8 Å². The zero-order chi connectivity index (χ0) is 16.2. The second-order valence-corrected chi connectivity index (χ2v) is 6.56. The van der Waals surface area contributed by atoms with Gasteiger partial charge in [-0.05, 0) is 17.5 Å². The van der Waals surface area contributed by atoms with Gasteiger partial charge in [-0.1, -0.05) is 24.3 Å². The number of hydrogen-bond donors (Lipinski definition) is 1. The summed E-state index contributed by atoms with van der Waals surface area (Å²) in [7, 11) is 0. The molecule has 0 spiro atoms. The highest BCUT2D eigenvalue weighted by Gasteiger charge is 2.24. The zero-order valence-corrected chi connectivity index (χ0v) is 13.5. The van der Waals surface area contributed by atoms with E-state index in [2.05, 4.69) is 4.90 Å². The molecule has 6 heteroatoms. The summed E-state index contributed by atoms with van der Waals surface area (Å²) in [4.78, 5) is 16.9. The Labute approximate surface area is 138 Å². The van der Waals surface area contributed by atoms with Crippen molar-refractivity contribution in [2.24, 2.45) is 0 Å². The average Bonchev–Trinajstić information content (AvgIpc) is 3.09. The largest absolute Gasteiger partial charge is 0.387 e. The van der Waals surface area contributed by atoms with Crippen LogP contribution in [0.25, 0.3) is 0 Å². The maximum Gasteiger partial charge on any atom is 0.264 e. The van der Waals surface area contributed by atoms with Gasteiger partial charge in [-0.25, -0.2) is 4.39 Å². The normalized spacial score (nSPS) is 17.2. The van der Waals surface area contributed by atoms with Crippen molar-refractivity contribution >= 4 is 17.2 Å². The Morgan fingerprint density at radius 2 is 1.91 bits per heavy atom. The number of aliphatic hydroxyl groups is 1. The third kappa shape index (κ3) is 3.77. The van der Waals surface area contributed by atoms with Gasteiger partial charge in [-0.3, -0.25) is 9.69 Å². The predicted molar refractivity (Wildman–Crippen MR) is 88.0 cm³/mol. The third-order valence-electron chi connectivity index (χ3n) is 4.09. The van der Waals surface area contributed by atoms with Gasteiger partial charge in [0.2, 0.25) is 0 Å². The van der Waals surface area contributed by atoms with E-state index < -0.39 is 6.10 Å². The minimum atomic E-state index is -0.851. The number of piperazine rings is 1. The van der Waals surface area contributed by atoms with Crippen LogP contribution in [0.1, 0.15) is 21.3 Å². The number of β-amino-alcohol motifs (C(OH)–C–C–N with tert-alkyl or cyclic N) is 1. The molecule has 0 saturated carbocycles. The first-order valence-electron chi connectivity index (χ1n) is 7.63. The molecule has 4 nitrogen and oxygen atoms in total. The molecule has 0 bridgehead atoms. The Bertz CT molecular complexity index is 654. The van der Waals surface area contributed by atoms with Crippen LogP contribution in [-0.2, 0) is 0 Å². The van der Waals surface area contributed by atoms with E-state index in [9.17, 15) is 14.3 Å². The standard InChI is InChI=1S/C17H19FN2O2S/c18-14-5-2-1-4-13(14)15(21)12-19-7-9-20(10-8-19)17(22)16-6-3-11-23-16/h1-6,11,15,21H,7-10,12H2/t15-/m1/s1. The lowest BCUT2D eigenvalue weighted by molar-refractivity contribution is 0.0526. The van der Waals surface area contributed by atoms with E-state index in [-0.39, 0.29) is 11.7 Å². The quantitative estimate of drug-likeness (QED) is 0.934. The van der Waals surface area contributed by atoms with Gasteiger partial charge < -0.3 is 10.0 Å². The van der Waals surface area contributed by atoms with Crippen LogP contribution in [-0.4, -0.2) is 53.5 Å². The lowest BCUT2D eigenvalue weighted by atomic mass is 10.1. The summed E-state index contributed by atoms with van der Waals surface area (Å²) in [6.07, 6.45) is -0.851. The van der Waals surface area contributed by atoms with Crippen molar-refractivity contribution < 1.29 is 14.3 Å². The molecule has 0 radical (unpaired) electrons. The number of hydrogen-bond acceptors (Lipinski definition) is 4. The first kappa shape index (κ1) is 16.1. The number of carbonyl (C=O) groups excluding carboxylic acids is 1. The fraction of sp³-hybridized carbons (Fsp3) is 0.353.